The van der Waals surface area contributed by atoms with E-state index in [-0.39, 0.29) is 6.04 Å². The molecule has 0 fully saturated rings. The molecule has 0 spiro atoms. The lowest BCUT2D eigenvalue weighted by Crippen LogP contribution is -2.32. The normalized spacial score (nSPS) is 17.0. The third kappa shape index (κ3) is 3.58. The monoisotopic (exact) mass is 295 g/mol. The zero-order valence-corrected chi connectivity index (χ0v) is 12.8. The summed E-state index contributed by atoms with van der Waals surface area (Å²) in [6, 6.07) is 19.4. The van der Waals surface area contributed by atoms with Gasteiger partial charge in [0.1, 0.15) is 12.6 Å². The SMILES string of the molecule is Cc1ccc(N(Cc2ccccc2)CC2COC(N)=N2)cc1. The Morgan fingerprint density at radius 1 is 1.14 bits per heavy atom. The van der Waals surface area contributed by atoms with Crippen LogP contribution < -0.4 is 10.6 Å². The fourth-order valence-corrected chi connectivity index (χ4v) is 2.60. The Kier molecular flexibility index (Phi) is 4.28. The summed E-state index contributed by atoms with van der Waals surface area (Å²) < 4.78 is 5.27. The fraction of sp³-hybridized carbons (Fsp3) is 0.278. The summed E-state index contributed by atoms with van der Waals surface area (Å²) in [5.41, 5.74) is 9.35. The minimum absolute atomic E-state index is 0.0880. The van der Waals surface area contributed by atoms with Gasteiger partial charge in [-0.1, -0.05) is 48.0 Å². The second-order valence-corrected chi connectivity index (χ2v) is 5.63. The second kappa shape index (κ2) is 6.52. The summed E-state index contributed by atoms with van der Waals surface area (Å²) in [5.74, 6) is 0. The van der Waals surface area contributed by atoms with Gasteiger partial charge in [0.2, 0.25) is 0 Å². The van der Waals surface area contributed by atoms with Crippen molar-refractivity contribution >= 4 is 11.7 Å². The molecule has 2 N–H and O–H groups in total. The molecule has 0 radical (unpaired) electrons. The highest BCUT2D eigenvalue weighted by molar-refractivity contribution is 5.73. The smallest absolute Gasteiger partial charge is 0.282 e. The van der Waals surface area contributed by atoms with Crippen molar-refractivity contribution in [3.63, 3.8) is 0 Å². The van der Waals surface area contributed by atoms with E-state index in [0.29, 0.717) is 12.6 Å². The zero-order valence-electron chi connectivity index (χ0n) is 12.8. The van der Waals surface area contributed by atoms with Gasteiger partial charge in [0.25, 0.3) is 6.02 Å². The van der Waals surface area contributed by atoms with Crippen molar-refractivity contribution in [3.8, 4) is 0 Å². The Hall–Kier alpha value is -2.49. The van der Waals surface area contributed by atoms with Gasteiger partial charge in [-0.3, -0.25) is 0 Å². The van der Waals surface area contributed by atoms with Crippen molar-refractivity contribution in [3.05, 3.63) is 65.7 Å². The van der Waals surface area contributed by atoms with Crippen molar-refractivity contribution in [2.75, 3.05) is 18.1 Å². The zero-order chi connectivity index (χ0) is 15.4. The number of aryl methyl sites for hydroxylation is 1. The first-order valence-corrected chi connectivity index (χ1v) is 7.52. The van der Waals surface area contributed by atoms with Crippen LogP contribution in [0.5, 0.6) is 0 Å². The highest BCUT2D eigenvalue weighted by Crippen LogP contribution is 2.20. The van der Waals surface area contributed by atoms with Gasteiger partial charge >= 0.3 is 0 Å². The molecule has 0 aliphatic carbocycles. The van der Waals surface area contributed by atoms with E-state index in [1.807, 2.05) is 6.07 Å². The summed E-state index contributed by atoms with van der Waals surface area (Å²) in [5, 5.41) is 0. The maximum atomic E-state index is 5.62. The average Bonchev–Trinajstić information content (AvgIpc) is 2.94. The van der Waals surface area contributed by atoms with Gasteiger partial charge < -0.3 is 15.4 Å². The molecule has 0 saturated heterocycles. The van der Waals surface area contributed by atoms with E-state index < -0.39 is 0 Å². The number of nitrogens with zero attached hydrogens (tertiary/aromatic N) is 2. The molecular formula is C18H21N3O. The number of nitrogens with two attached hydrogens (primary N) is 1. The largest absolute Gasteiger partial charge is 0.463 e. The first-order chi connectivity index (χ1) is 10.7. The predicted octanol–water partition coefficient (Wildman–Crippen LogP) is 2.72. The van der Waals surface area contributed by atoms with Gasteiger partial charge in [0.15, 0.2) is 0 Å². The molecule has 114 valence electrons. The van der Waals surface area contributed by atoms with Gasteiger partial charge in [-0.25, -0.2) is 4.99 Å². The summed E-state index contributed by atoms with van der Waals surface area (Å²) in [4.78, 5) is 6.67. The Labute approximate surface area is 131 Å². The maximum absolute atomic E-state index is 5.62. The number of aliphatic imine (C=N–C) groups is 1. The van der Waals surface area contributed by atoms with Crippen LogP contribution in [0.3, 0.4) is 0 Å². The van der Waals surface area contributed by atoms with Crippen LogP contribution in [-0.2, 0) is 11.3 Å². The van der Waals surface area contributed by atoms with Crippen molar-refractivity contribution in [1.82, 2.24) is 0 Å². The van der Waals surface area contributed by atoms with Crippen LogP contribution in [0.1, 0.15) is 11.1 Å². The summed E-state index contributed by atoms with van der Waals surface area (Å²) in [6.45, 7) is 4.29. The van der Waals surface area contributed by atoms with Crippen LogP contribution in [-0.4, -0.2) is 25.2 Å². The molecule has 2 aromatic carbocycles. The number of ether oxygens (including phenoxy) is 1. The van der Waals surface area contributed by atoms with Crippen molar-refractivity contribution in [1.29, 1.82) is 0 Å². The van der Waals surface area contributed by atoms with Crippen LogP contribution in [0.2, 0.25) is 0 Å². The average molecular weight is 295 g/mol. The Bertz CT molecular complexity index is 637. The summed E-state index contributed by atoms with van der Waals surface area (Å²) in [6.07, 6.45) is 0. The maximum Gasteiger partial charge on any atom is 0.282 e. The van der Waals surface area contributed by atoms with Crippen molar-refractivity contribution < 1.29 is 4.74 Å². The fourth-order valence-electron chi connectivity index (χ4n) is 2.60. The molecule has 1 heterocycles. The van der Waals surface area contributed by atoms with Crippen LogP contribution in [0.15, 0.2) is 59.6 Å². The highest BCUT2D eigenvalue weighted by Gasteiger charge is 2.20. The molecule has 1 unspecified atom stereocenters. The quantitative estimate of drug-likeness (QED) is 0.922. The van der Waals surface area contributed by atoms with E-state index >= 15 is 0 Å². The molecule has 4 nitrogen and oxygen atoms in total. The molecule has 0 saturated carbocycles. The van der Waals surface area contributed by atoms with Gasteiger partial charge in [-0.05, 0) is 24.6 Å². The van der Waals surface area contributed by atoms with E-state index in [4.69, 9.17) is 10.5 Å². The Morgan fingerprint density at radius 2 is 1.86 bits per heavy atom. The van der Waals surface area contributed by atoms with Crippen LogP contribution in [0.25, 0.3) is 0 Å². The van der Waals surface area contributed by atoms with Crippen LogP contribution in [0, 0.1) is 6.92 Å². The first kappa shape index (κ1) is 14.4. The first-order valence-electron chi connectivity index (χ1n) is 7.52. The molecule has 2 aromatic rings. The van der Waals surface area contributed by atoms with Gasteiger partial charge in [-0.15, -0.1) is 0 Å². The lowest BCUT2D eigenvalue weighted by molar-refractivity contribution is 0.313. The number of anilines is 1. The molecule has 1 aliphatic heterocycles. The number of amidine groups is 1. The molecular weight excluding hydrogens is 274 g/mol. The molecule has 0 aromatic heterocycles. The molecule has 0 amide bonds. The topological polar surface area (TPSA) is 50.9 Å². The molecule has 22 heavy (non-hydrogen) atoms. The Balaban J connectivity index is 1.80. The van der Waals surface area contributed by atoms with Gasteiger partial charge in [0.05, 0.1) is 0 Å². The lowest BCUT2D eigenvalue weighted by Gasteiger charge is -2.26. The van der Waals surface area contributed by atoms with Crippen LogP contribution in [0.4, 0.5) is 5.69 Å². The third-order valence-corrected chi connectivity index (χ3v) is 3.78. The third-order valence-electron chi connectivity index (χ3n) is 3.78. The van der Waals surface area contributed by atoms with E-state index in [9.17, 15) is 0 Å². The number of benzene rings is 2. The summed E-state index contributed by atoms with van der Waals surface area (Å²) >= 11 is 0. The van der Waals surface area contributed by atoms with Gasteiger partial charge in [-0.2, -0.15) is 0 Å². The number of rotatable bonds is 5. The second-order valence-electron chi connectivity index (χ2n) is 5.63. The van der Waals surface area contributed by atoms with Crippen molar-refractivity contribution in [2.24, 2.45) is 10.7 Å². The predicted molar refractivity (Wildman–Crippen MR) is 90.0 cm³/mol. The van der Waals surface area contributed by atoms with E-state index in [1.165, 1.54) is 16.8 Å². The Morgan fingerprint density at radius 3 is 2.50 bits per heavy atom. The molecule has 4 heteroatoms. The minimum atomic E-state index is 0.0880. The number of hydrogen-bond donors (Lipinski definition) is 1. The van der Waals surface area contributed by atoms with Crippen LogP contribution >= 0.6 is 0 Å². The van der Waals surface area contributed by atoms with E-state index in [1.54, 1.807) is 0 Å². The van der Waals surface area contributed by atoms with E-state index in [2.05, 4.69) is 65.3 Å². The molecule has 1 atom stereocenters. The molecule has 0 bridgehead atoms. The standard InChI is InChI=1S/C18H21N3O/c1-14-7-9-17(10-8-14)21(11-15-5-3-2-4-6-15)12-16-13-22-18(19)20-16/h2-10,16H,11-13H2,1H3,(H2,19,20). The number of hydrogen-bond acceptors (Lipinski definition) is 4. The molecule has 3 rings (SSSR count). The molecule has 1 aliphatic rings. The summed E-state index contributed by atoms with van der Waals surface area (Å²) in [7, 11) is 0. The van der Waals surface area contributed by atoms with E-state index in [0.717, 1.165) is 13.1 Å². The van der Waals surface area contributed by atoms with Gasteiger partial charge in [0, 0.05) is 18.8 Å². The lowest BCUT2D eigenvalue weighted by atomic mass is 10.1. The van der Waals surface area contributed by atoms with Crippen molar-refractivity contribution in [2.45, 2.75) is 19.5 Å². The minimum Gasteiger partial charge on any atom is -0.463 e. The highest BCUT2D eigenvalue weighted by atomic mass is 16.5.